The first kappa shape index (κ1) is 15.7. The lowest BCUT2D eigenvalue weighted by Crippen LogP contribution is -2.20. The van der Waals surface area contributed by atoms with E-state index in [9.17, 15) is 5.11 Å². The molecule has 1 N–H and O–H groups in total. The Kier molecular flexibility index (Phi) is 5.29. The van der Waals surface area contributed by atoms with Gasteiger partial charge in [-0.05, 0) is 35.4 Å². The van der Waals surface area contributed by atoms with Crippen molar-refractivity contribution in [1.29, 1.82) is 0 Å². The van der Waals surface area contributed by atoms with E-state index in [0.717, 1.165) is 26.1 Å². The van der Waals surface area contributed by atoms with Crippen LogP contribution in [0.1, 0.15) is 11.1 Å². The van der Waals surface area contributed by atoms with E-state index >= 15 is 0 Å². The lowest BCUT2D eigenvalue weighted by molar-refractivity contribution is 0.199. The first-order valence-corrected chi connectivity index (χ1v) is 8.66. The van der Waals surface area contributed by atoms with E-state index in [1.165, 1.54) is 15.6 Å². The van der Waals surface area contributed by atoms with Crippen molar-refractivity contribution in [2.75, 3.05) is 19.7 Å². The number of rotatable bonds is 5. The highest BCUT2D eigenvalue weighted by Gasteiger charge is 2.32. The molecule has 116 valence electrons. The number of hydrogen-bond donors (Lipinski definition) is 1. The van der Waals surface area contributed by atoms with Gasteiger partial charge in [0.15, 0.2) is 0 Å². The minimum atomic E-state index is 0.278. The Morgan fingerprint density at radius 2 is 1.64 bits per heavy atom. The summed E-state index contributed by atoms with van der Waals surface area (Å²) in [6.45, 7) is 3.30. The Hall–Kier alpha value is -1.16. The molecule has 0 bridgehead atoms. The normalized spacial score (nSPS) is 22.1. The minimum Gasteiger partial charge on any atom is -0.396 e. The van der Waals surface area contributed by atoms with Crippen LogP contribution in [0.25, 0.3) is 0 Å². The first-order valence-electron chi connectivity index (χ1n) is 7.87. The summed E-state index contributed by atoms with van der Waals surface area (Å²) in [7, 11) is 0. The largest absolute Gasteiger partial charge is 0.396 e. The van der Waals surface area contributed by atoms with Crippen LogP contribution < -0.4 is 0 Å². The van der Waals surface area contributed by atoms with Crippen molar-refractivity contribution >= 4 is 15.9 Å². The van der Waals surface area contributed by atoms with Crippen molar-refractivity contribution in [2.24, 2.45) is 11.8 Å². The Morgan fingerprint density at radius 1 is 0.955 bits per heavy atom. The van der Waals surface area contributed by atoms with Crippen molar-refractivity contribution < 1.29 is 5.11 Å². The van der Waals surface area contributed by atoms with Gasteiger partial charge in [0.2, 0.25) is 0 Å². The number of aliphatic hydroxyl groups is 1. The SMILES string of the molecule is OC[C@@H]1CN(Cc2ccccc2)C[C@H]1Cc1ccccc1Br. The minimum absolute atomic E-state index is 0.278. The molecule has 0 spiro atoms. The molecule has 0 unspecified atom stereocenters. The molecule has 1 heterocycles. The second kappa shape index (κ2) is 7.40. The Bertz CT molecular complexity index is 601. The molecule has 0 aromatic heterocycles. The highest BCUT2D eigenvalue weighted by molar-refractivity contribution is 9.10. The van der Waals surface area contributed by atoms with Gasteiger partial charge in [-0.15, -0.1) is 0 Å². The molecule has 2 atom stereocenters. The lowest BCUT2D eigenvalue weighted by atomic mass is 9.90. The van der Waals surface area contributed by atoms with Crippen molar-refractivity contribution in [3.05, 3.63) is 70.2 Å². The van der Waals surface area contributed by atoms with Gasteiger partial charge >= 0.3 is 0 Å². The third-order valence-corrected chi connectivity index (χ3v) is 5.35. The molecule has 0 saturated carbocycles. The van der Waals surface area contributed by atoms with E-state index < -0.39 is 0 Å². The van der Waals surface area contributed by atoms with Gasteiger partial charge in [-0.25, -0.2) is 0 Å². The zero-order chi connectivity index (χ0) is 15.4. The summed E-state index contributed by atoms with van der Waals surface area (Å²) in [4.78, 5) is 2.47. The van der Waals surface area contributed by atoms with Gasteiger partial charge in [0.25, 0.3) is 0 Å². The van der Waals surface area contributed by atoms with E-state index in [0.29, 0.717) is 11.8 Å². The highest BCUT2D eigenvalue weighted by Crippen LogP contribution is 2.30. The quantitative estimate of drug-likeness (QED) is 0.878. The summed E-state index contributed by atoms with van der Waals surface area (Å²) in [5, 5.41) is 9.73. The van der Waals surface area contributed by atoms with Crippen LogP contribution in [0.15, 0.2) is 59.1 Å². The van der Waals surface area contributed by atoms with Crippen LogP contribution in [0, 0.1) is 11.8 Å². The summed E-state index contributed by atoms with van der Waals surface area (Å²) in [5.74, 6) is 0.892. The average Bonchev–Trinajstić information content (AvgIpc) is 2.92. The van der Waals surface area contributed by atoms with Crippen LogP contribution in [-0.2, 0) is 13.0 Å². The Morgan fingerprint density at radius 3 is 2.36 bits per heavy atom. The van der Waals surface area contributed by atoms with Crippen LogP contribution in [0.3, 0.4) is 0 Å². The van der Waals surface area contributed by atoms with E-state index in [-0.39, 0.29) is 6.61 Å². The fourth-order valence-corrected chi connectivity index (χ4v) is 3.84. The second-order valence-corrected chi connectivity index (χ2v) is 7.03. The molecule has 1 fully saturated rings. The molecular weight excluding hydrogens is 338 g/mol. The zero-order valence-corrected chi connectivity index (χ0v) is 14.2. The summed E-state index contributed by atoms with van der Waals surface area (Å²) in [5.41, 5.74) is 2.69. The molecule has 2 aromatic carbocycles. The summed E-state index contributed by atoms with van der Waals surface area (Å²) in [6.07, 6.45) is 1.03. The van der Waals surface area contributed by atoms with Gasteiger partial charge in [-0.1, -0.05) is 64.5 Å². The number of halogens is 1. The molecule has 1 aliphatic rings. The topological polar surface area (TPSA) is 23.5 Å². The van der Waals surface area contributed by atoms with E-state index in [2.05, 4.69) is 69.4 Å². The number of benzene rings is 2. The van der Waals surface area contributed by atoms with Gasteiger partial charge in [0, 0.05) is 30.7 Å². The molecular formula is C19H22BrNO. The maximum absolute atomic E-state index is 9.73. The number of nitrogens with zero attached hydrogens (tertiary/aromatic N) is 1. The van der Waals surface area contributed by atoms with E-state index in [1.54, 1.807) is 0 Å². The fraction of sp³-hybridized carbons (Fsp3) is 0.368. The van der Waals surface area contributed by atoms with Gasteiger partial charge in [-0.3, -0.25) is 4.90 Å². The summed E-state index contributed by atoms with van der Waals surface area (Å²) in [6, 6.07) is 19.0. The number of hydrogen-bond acceptors (Lipinski definition) is 2. The van der Waals surface area contributed by atoms with E-state index in [1.807, 2.05) is 6.07 Å². The summed E-state index contributed by atoms with van der Waals surface area (Å²) >= 11 is 3.64. The summed E-state index contributed by atoms with van der Waals surface area (Å²) < 4.78 is 1.17. The van der Waals surface area contributed by atoms with Crippen LogP contribution in [-0.4, -0.2) is 29.7 Å². The number of likely N-dealkylation sites (tertiary alicyclic amines) is 1. The molecule has 0 aliphatic carbocycles. The molecule has 1 saturated heterocycles. The molecule has 3 heteroatoms. The smallest absolute Gasteiger partial charge is 0.0474 e. The predicted octanol–water partition coefficient (Wildman–Crippen LogP) is 3.73. The second-order valence-electron chi connectivity index (χ2n) is 6.18. The molecule has 0 radical (unpaired) electrons. The van der Waals surface area contributed by atoms with Crippen LogP contribution in [0.4, 0.5) is 0 Å². The van der Waals surface area contributed by atoms with Crippen molar-refractivity contribution in [3.8, 4) is 0 Å². The van der Waals surface area contributed by atoms with E-state index in [4.69, 9.17) is 0 Å². The van der Waals surface area contributed by atoms with Gasteiger partial charge in [0.1, 0.15) is 0 Å². The Labute approximate surface area is 140 Å². The molecule has 1 aliphatic heterocycles. The number of aliphatic hydroxyl groups excluding tert-OH is 1. The first-order chi connectivity index (χ1) is 10.8. The monoisotopic (exact) mass is 359 g/mol. The molecule has 2 nitrogen and oxygen atoms in total. The van der Waals surface area contributed by atoms with Crippen molar-refractivity contribution in [2.45, 2.75) is 13.0 Å². The fourth-order valence-electron chi connectivity index (χ4n) is 3.39. The molecule has 22 heavy (non-hydrogen) atoms. The molecule has 0 amide bonds. The van der Waals surface area contributed by atoms with Gasteiger partial charge < -0.3 is 5.11 Å². The van der Waals surface area contributed by atoms with Crippen molar-refractivity contribution in [1.82, 2.24) is 4.90 Å². The zero-order valence-electron chi connectivity index (χ0n) is 12.7. The lowest BCUT2D eigenvalue weighted by Gasteiger charge is -2.17. The standard InChI is InChI=1S/C19H22BrNO/c20-19-9-5-4-8-16(19)10-17-12-21(13-18(17)14-22)11-15-6-2-1-3-7-15/h1-9,17-18,22H,10-14H2/t17-,18+/m1/s1. The third kappa shape index (κ3) is 3.78. The van der Waals surface area contributed by atoms with Gasteiger partial charge in [0.05, 0.1) is 0 Å². The van der Waals surface area contributed by atoms with Crippen LogP contribution in [0.5, 0.6) is 0 Å². The predicted molar refractivity (Wildman–Crippen MR) is 93.6 cm³/mol. The van der Waals surface area contributed by atoms with Crippen LogP contribution in [0.2, 0.25) is 0 Å². The molecule has 2 aromatic rings. The Balaban J connectivity index is 1.66. The maximum Gasteiger partial charge on any atom is 0.0474 e. The third-order valence-electron chi connectivity index (χ3n) is 4.58. The molecule has 3 rings (SSSR count). The van der Waals surface area contributed by atoms with Crippen LogP contribution >= 0.6 is 15.9 Å². The highest BCUT2D eigenvalue weighted by atomic mass is 79.9. The average molecular weight is 360 g/mol. The maximum atomic E-state index is 9.73. The van der Waals surface area contributed by atoms with Crippen molar-refractivity contribution in [3.63, 3.8) is 0 Å². The van der Waals surface area contributed by atoms with Gasteiger partial charge in [-0.2, -0.15) is 0 Å².